The highest BCUT2D eigenvalue weighted by Crippen LogP contribution is 2.32. The van der Waals surface area contributed by atoms with Gasteiger partial charge in [-0.1, -0.05) is 60.7 Å². The van der Waals surface area contributed by atoms with E-state index in [4.69, 9.17) is 4.98 Å². The van der Waals surface area contributed by atoms with Crippen molar-refractivity contribution >= 4 is 22.9 Å². The van der Waals surface area contributed by atoms with Crippen LogP contribution in [0.3, 0.4) is 0 Å². The maximum atomic E-state index is 13.3. The largest absolute Gasteiger partial charge is 0.349 e. The van der Waals surface area contributed by atoms with Gasteiger partial charge in [-0.25, -0.2) is 4.98 Å². The van der Waals surface area contributed by atoms with E-state index in [2.05, 4.69) is 94.5 Å². The summed E-state index contributed by atoms with van der Waals surface area (Å²) in [5.41, 5.74) is 7.48. The van der Waals surface area contributed by atoms with Crippen LogP contribution >= 0.6 is 0 Å². The second kappa shape index (κ2) is 9.81. The van der Waals surface area contributed by atoms with Gasteiger partial charge < -0.3 is 14.8 Å². The normalized spacial score (nSPS) is 18.2. The SMILES string of the molecule is Cc1ccccc1Cn1c(N2CCC(C(=O)NC3CCCc4ccccc43)CC2)nc2ccccc21. The Morgan fingerprint density at radius 3 is 2.56 bits per heavy atom. The van der Waals surface area contributed by atoms with Gasteiger partial charge in [-0.15, -0.1) is 0 Å². The number of para-hydroxylation sites is 2. The number of nitrogens with zero attached hydrogens (tertiary/aromatic N) is 3. The molecule has 0 bridgehead atoms. The maximum Gasteiger partial charge on any atom is 0.223 e. The molecule has 36 heavy (non-hydrogen) atoms. The van der Waals surface area contributed by atoms with E-state index < -0.39 is 0 Å². The number of aromatic nitrogens is 2. The first-order valence-electron chi connectivity index (χ1n) is 13.3. The molecule has 3 aromatic carbocycles. The van der Waals surface area contributed by atoms with Crippen LogP contribution in [0.2, 0.25) is 0 Å². The monoisotopic (exact) mass is 478 g/mol. The predicted octanol–water partition coefficient (Wildman–Crippen LogP) is 5.80. The van der Waals surface area contributed by atoms with E-state index in [0.29, 0.717) is 0 Å². The summed E-state index contributed by atoms with van der Waals surface area (Å²) in [7, 11) is 0. The Hall–Kier alpha value is -3.60. The first kappa shape index (κ1) is 22.8. The van der Waals surface area contributed by atoms with E-state index >= 15 is 0 Å². The highest BCUT2D eigenvalue weighted by Gasteiger charge is 2.30. The summed E-state index contributed by atoms with van der Waals surface area (Å²) < 4.78 is 2.34. The van der Waals surface area contributed by atoms with Gasteiger partial charge in [0.05, 0.1) is 23.6 Å². The van der Waals surface area contributed by atoms with Crippen molar-refractivity contribution in [3.63, 3.8) is 0 Å². The molecule has 1 atom stereocenters. The first-order valence-corrected chi connectivity index (χ1v) is 13.3. The molecule has 1 N–H and O–H groups in total. The van der Waals surface area contributed by atoms with E-state index in [-0.39, 0.29) is 17.9 Å². The number of piperidine rings is 1. The molecule has 1 fully saturated rings. The third-order valence-corrected chi connectivity index (χ3v) is 8.06. The molecular formula is C31H34N4O. The number of imidazole rings is 1. The van der Waals surface area contributed by atoms with Crippen LogP contribution in [0.15, 0.2) is 72.8 Å². The number of anilines is 1. The summed E-state index contributed by atoms with van der Waals surface area (Å²) in [5, 5.41) is 3.39. The van der Waals surface area contributed by atoms with Crippen LogP contribution in [0.4, 0.5) is 5.95 Å². The summed E-state index contributed by atoms with van der Waals surface area (Å²) in [6, 6.07) is 25.7. The predicted molar refractivity (Wildman–Crippen MR) is 145 cm³/mol. The fourth-order valence-corrected chi connectivity index (χ4v) is 5.95. The number of fused-ring (bicyclic) bond motifs is 2. The quantitative estimate of drug-likeness (QED) is 0.394. The Morgan fingerprint density at radius 2 is 1.69 bits per heavy atom. The Morgan fingerprint density at radius 1 is 0.944 bits per heavy atom. The molecule has 5 nitrogen and oxygen atoms in total. The minimum absolute atomic E-state index is 0.0598. The van der Waals surface area contributed by atoms with Gasteiger partial charge in [0.25, 0.3) is 0 Å². The molecule has 1 aliphatic carbocycles. The number of aryl methyl sites for hydroxylation is 2. The lowest BCUT2D eigenvalue weighted by Crippen LogP contribution is -2.42. The van der Waals surface area contributed by atoms with Crippen LogP contribution in [0, 0.1) is 12.8 Å². The fourth-order valence-electron chi connectivity index (χ4n) is 5.95. The summed E-state index contributed by atoms with van der Waals surface area (Å²) in [6.45, 7) is 4.65. The summed E-state index contributed by atoms with van der Waals surface area (Å²) in [4.78, 5) is 20.7. The molecule has 1 aromatic heterocycles. The number of benzene rings is 3. The average molecular weight is 479 g/mol. The van der Waals surface area contributed by atoms with Crippen molar-refractivity contribution in [1.29, 1.82) is 0 Å². The van der Waals surface area contributed by atoms with E-state index in [1.165, 1.54) is 22.3 Å². The summed E-state index contributed by atoms with van der Waals surface area (Å²) in [6.07, 6.45) is 4.99. The fraction of sp³-hybridized carbons (Fsp3) is 0.355. The third kappa shape index (κ3) is 4.39. The number of hydrogen-bond acceptors (Lipinski definition) is 3. The lowest BCUT2D eigenvalue weighted by atomic mass is 9.87. The van der Waals surface area contributed by atoms with Gasteiger partial charge in [-0.3, -0.25) is 4.79 Å². The lowest BCUT2D eigenvalue weighted by Gasteiger charge is -2.34. The van der Waals surface area contributed by atoms with E-state index in [9.17, 15) is 4.79 Å². The van der Waals surface area contributed by atoms with Gasteiger partial charge in [-0.05, 0) is 73.4 Å². The molecule has 184 valence electrons. The van der Waals surface area contributed by atoms with Crippen molar-refractivity contribution in [2.75, 3.05) is 18.0 Å². The van der Waals surface area contributed by atoms with Gasteiger partial charge in [0.2, 0.25) is 11.9 Å². The maximum absolute atomic E-state index is 13.3. The number of hydrogen-bond donors (Lipinski definition) is 1. The van der Waals surface area contributed by atoms with Crippen LogP contribution in [0.25, 0.3) is 11.0 Å². The van der Waals surface area contributed by atoms with Gasteiger partial charge in [-0.2, -0.15) is 0 Å². The van der Waals surface area contributed by atoms with Crippen LogP contribution in [-0.2, 0) is 17.8 Å². The summed E-state index contributed by atoms with van der Waals surface area (Å²) >= 11 is 0. The zero-order valence-electron chi connectivity index (χ0n) is 21.0. The minimum atomic E-state index is 0.0598. The third-order valence-electron chi connectivity index (χ3n) is 8.06. The smallest absolute Gasteiger partial charge is 0.223 e. The molecule has 0 spiro atoms. The Kier molecular flexibility index (Phi) is 6.22. The second-order valence-corrected chi connectivity index (χ2v) is 10.3. The second-order valence-electron chi connectivity index (χ2n) is 10.3. The number of nitrogens with one attached hydrogen (secondary N) is 1. The molecule has 2 aliphatic rings. The van der Waals surface area contributed by atoms with Crippen LogP contribution in [-0.4, -0.2) is 28.5 Å². The molecule has 1 amide bonds. The average Bonchev–Trinajstić information content (AvgIpc) is 3.28. The number of amides is 1. The molecule has 0 radical (unpaired) electrons. The van der Waals surface area contributed by atoms with Crippen molar-refractivity contribution in [2.24, 2.45) is 5.92 Å². The Labute approximate surface area is 213 Å². The van der Waals surface area contributed by atoms with Crippen molar-refractivity contribution < 1.29 is 4.79 Å². The highest BCUT2D eigenvalue weighted by atomic mass is 16.2. The van der Waals surface area contributed by atoms with E-state index in [0.717, 1.165) is 68.7 Å². The van der Waals surface area contributed by atoms with Gasteiger partial charge in [0.1, 0.15) is 0 Å². The zero-order valence-corrected chi connectivity index (χ0v) is 21.0. The minimum Gasteiger partial charge on any atom is -0.349 e. The molecule has 5 heteroatoms. The first-order chi connectivity index (χ1) is 17.7. The Balaban J connectivity index is 1.17. The van der Waals surface area contributed by atoms with Gasteiger partial charge in [0, 0.05) is 19.0 Å². The molecule has 1 unspecified atom stereocenters. The molecule has 0 saturated carbocycles. The van der Waals surface area contributed by atoms with Crippen molar-refractivity contribution in [2.45, 2.75) is 51.6 Å². The molecule has 4 aromatic rings. The van der Waals surface area contributed by atoms with E-state index in [1.807, 2.05) is 0 Å². The molecule has 2 heterocycles. The van der Waals surface area contributed by atoms with Crippen molar-refractivity contribution in [3.05, 3.63) is 95.1 Å². The molecule has 1 saturated heterocycles. The number of carbonyl (C=O) groups excluding carboxylic acids is 1. The summed E-state index contributed by atoms with van der Waals surface area (Å²) in [5.74, 6) is 1.29. The number of rotatable bonds is 5. The highest BCUT2D eigenvalue weighted by molar-refractivity contribution is 5.80. The van der Waals surface area contributed by atoms with Gasteiger partial charge in [0.15, 0.2) is 0 Å². The van der Waals surface area contributed by atoms with Crippen LogP contribution < -0.4 is 10.2 Å². The standard InChI is InChI=1S/C31H34N4O/c1-22-9-2-3-11-25(22)21-35-29-16-7-6-14-28(29)33-31(35)34-19-17-24(18-20-34)30(36)32-27-15-8-12-23-10-4-5-13-26(23)27/h2-7,9-11,13-14,16,24,27H,8,12,15,17-21H2,1H3,(H,32,36). The van der Waals surface area contributed by atoms with Crippen molar-refractivity contribution in [3.8, 4) is 0 Å². The van der Waals surface area contributed by atoms with Crippen LogP contribution in [0.5, 0.6) is 0 Å². The van der Waals surface area contributed by atoms with Crippen LogP contribution in [0.1, 0.15) is 54.0 Å². The molecule has 1 aliphatic heterocycles. The van der Waals surface area contributed by atoms with Crippen molar-refractivity contribution in [1.82, 2.24) is 14.9 Å². The lowest BCUT2D eigenvalue weighted by molar-refractivity contribution is -0.126. The molecular weight excluding hydrogens is 444 g/mol. The topological polar surface area (TPSA) is 50.2 Å². The zero-order chi connectivity index (χ0) is 24.5. The number of carbonyl (C=O) groups is 1. The van der Waals surface area contributed by atoms with E-state index in [1.54, 1.807) is 0 Å². The Bertz CT molecular complexity index is 1380. The van der Waals surface area contributed by atoms with Gasteiger partial charge >= 0.3 is 0 Å². The molecule has 6 rings (SSSR count).